The normalized spacial score (nSPS) is 12.2. The summed E-state index contributed by atoms with van der Waals surface area (Å²) in [6.45, 7) is -0.368. The molecular formula is C13H10Cl2FNO3. The first-order valence-corrected chi connectivity index (χ1v) is 6.38. The van der Waals surface area contributed by atoms with E-state index in [1.807, 2.05) is 0 Å². The maximum Gasteiger partial charge on any atom is 0.253 e. The molecule has 0 saturated carbocycles. The molecule has 4 nitrogen and oxygen atoms in total. The van der Waals surface area contributed by atoms with Gasteiger partial charge in [-0.3, -0.25) is 4.79 Å². The van der Waals surface area contributed by atoms with Gasteiger partial charge in [-0.25, -0.2) is 4.39 Å². The summed E-state index contributed by atoms with van der Waals surface area (Å²) in [5, 5.41) is 11.6. The number of aliphatic hydroxyl groups is 1. The van der Waals surface area contributed by atoms with Crippen molar-refractivity contribution in [2.75, 3.05) is 6.61 Å². The Morgan fingerprint density at radius 1 is 1.40 bits per heavy atom. The molecule has 1 aromatic heterocycles. The smallest absolute Gasteiger partial charge is 0.253 e. The second kappa shape index (κ2) is 6.26. The van der Waals surface area contributed by atoms with Crippen LogP contribution >= 0.6 is 23.2 Å². The van der Waals surface area contributed by atoms with Gasteiger partial charge in [0.15, 0.2) is 0 Å². The van der Waals surface area contributed by atoms with E-state index in [1.165, 1.54) is 6.26 Å². The van der Waals surface area contributed by atoms with E-state index in [2.05, 4.69) is 5.32 Å². The van der Waals surface area contributed by atoms with Crippen molar-refractivity contribution in [2.24, 2.45) is 0 Å². The second-order valence-corrected chi connectivity index (χ2v) is 4.78. The van der Waals surface area contributed by atoms with Gasteiger partial charge < -0.3 is 14.8 Å². The average Bonchev–Trinajstić information content (AvgIpc) is 2.93. The third-order valence-electron chi connectivity index (χ3n) is 2.63. The summed E-state index contributed by atoms with van der Waals surface area (Å²) in [5.41, 5.74) is -0.0708. The van der Waals surface area contributed by atoms with Crippen LogP contribution in [0.3, 0.4) is 0 Å². The molecule has 1 amide bonds. The van der Waals surface area contributed by atoms with Crippen molar-refractivity contribution in [2.45, 2.75) is 6.04 Å². The van der Waals surface area contributed by atoms with Gasteiger partial charge >= 0.3 is 0 Å². The predicted molar refractivity (Wildman–Crippen MR) is 72.4 cm³/mol. The van der Waals surface area contributed by atoms with Crippen molar-refractivity contribution < 1.29 is 18.7 Å². The number of rotatable bonds is 4. The lowest BCUT2D eigenvalue weighted by molar-refractivity contribution is 0.0907. The minimum atomic E-state index is -0.750. The molecule has 0 aliphatic heterocycles. The summed E-state index contributed by atoms with van der Waals surface area (Å²) in [5.74, 6) is -1.01. The molecule has 0 radical (unpaired) electrons. The Hall–Kier alpha value is -1.56. The molecule has 0 fully saturated rings. The number of nitrogens with one attached hydrogen (secondary N) is 1. The second-order valence-electron chi connectivity index (χ2n) is 3.97. The van der Waals surface area contributed by atoms with Crippen LogP contribution in [-0.4, -0.2) is 17.6 Å². The van der Waals surface area contributed by atoms with Crippen molar-refractivity contribution >= 4 is 29.1 Å². The van der Waals surface area contributed by atoms with Gasteiger partial charge in [0.25, 0.3) is 5.91 Å². The molecule has 2 aromatic rings. The molecule has 1 aromatic carbocycles. The first-order valence-electron chi connectivity index (χ1n) is 5.62. The monoisotopic (exact) mass is 317 g/mol. The Bertz CT molecular complexity index is 616. The van der Waals surface area contributed by atoms with Crippen LogP contribution < -0.4 is 5.32 Å². The van der Waals surface area contributed by atoms with Gasteiger partial charge in [0, 0.05) is 0 Å². The standard InChI is InChI=1S/C13H10Cl2FNO3/c14-8-5-9(15)10(16)4-7(8)13(19)17-11(6-18)12-2-1-3-20-12/h1-5,11,18H,6H2,(H,17,19). The van der Waals surface area contributed by atoms with Crippen LogP contribution in [0.2, 0.25) is 10.0 Å². The van der Waals surface area contributed by atoms with Crippen molar-refractivity contribution in [3.63, 3.8) is 0 Å². The molecule has 20 heavy (non-hydrogen) atoms. The maximum atomic E-state index is 13.4. The number of halogens is 3. The Morgan fingerprint density at radius 3 is 2.75 bits per heavy atom. The quantitative estimate of drug-likeness (QED) is 0.851. The van der Waals surface area contributed by atoms with E-state index in [-0.39, 0.29) is 22.2 Å². The highest BCUT2D eigenvalue weighted by Crippen LogP contribution is 2.25. The summed E-state index contributed by atoms with van der Waals surface area (Å²) in [7, 11) is 0. The van der Waals surface area contributed by atoms with Gasteiger partial charge in [-0.15, -0.1) is 0 Å². The SMILES string of the molecule is O=C(NC(CO)c1ccco1)c1cc(F)c(Cl)cc1Cl. The van der Waals surface area contributed by atoms with Crippen LogP contribution in [0.4, 0.5) is 4.39 Å². The molecular weight excluding hydrogens is 308 g/mol. The average molecular weight is 318 g/mol. The van der Waals surface area contributed by atoms with Gasteiger partial charge in [-0.05, 0) is 24.3 Å². The van der Waals surface area contributed by atoms with Crippen molar-refractivity contribution in [3.8, 4) is 0 Å². The zero-order valence-corrected chi connectivity index (χ0v) is 11.6. The number of carbonyl (C=O) groups is 1. The van der Waals surface area contributed by atoms with E-state index in [1.54, 1.807) is 12.1 Å². The first kappa shape index (κ1) is 14.8. The number of furan rings is 1. The van der Waals surface area contributed by atoms with Gasteiger partial charge in [-0.2, -0.15) is 0 Å². The van der Waals surface area contributed by atoms with Crippen LogP contribution in [0.5, 0.6) is 0 Å². The van der Waals surface area contributed by atoms with Crippen molar-refractivity contribution in [1.29, 1.82) is 0 Å². The molecule has 2 N–H and O–H groups in total. The molecule has 0 bridgehead atoms. The lowest BCUT2D eigenvalue weighted by Crippen LogP contribution is -2.30. The third kappa shape index (κ3) is 3.12. The van der Waals surface area contributed by atoms with E-state index in [0.29, 0.717) is 5.76 Å². The Balaban J connectivity index is 2.21. The van der Waals surface area contributed by atoms with Crippen LogP contribution in [0.25, 0.3) is 0 Å². The minimum Gasteiger partial charge on any atom is -0.467 e. The highest BCUT2D eigenvalue weighted by atomic mass is 35.5. The number of aliphatic hydroxyl groups excluding tert-OH is 1. The number of amides is 1. The highest BCUT2D eigenvalue weighted by molar-refractivity contribution is 6.36. The highest BCUT2D eigenvalue weighted by Gasteiger charge is 2.20. The molecule has 7 heteroatoms. The zero-order chi connectivity index (χ0) is 14.7. The minimum absolute atomic E-state index is 0.0186. The lowest BCUT2D eigenvalue weighted by atomic mass is 10.1. The number of carbonyl (C=O) groups excluding carboxylic acids is 1. The van der Waals surface area contributed by atoms with Crippen LogP contribution in [0, 0.1) is 5.82 Å². The molecule has 2 rings (SSSR count). The Morgan fingerprint density at radius 2 is 2.15 bits per heavy atom. The van der Waals surface area contributed by atoms with Crippen LogP contribution in [-0.2, 0) is 0 Å². The molecule has 106 valence electrons. The predicted octanol–water partition coefficient (Wildman–Crippen LogP) is 3.19. The molecule has 1 unspecified atom stereocenters. The fraction of sp³-hybridized carbons (Fsp3) is 0.154. The molecule has 1 atom stereocenters. The van der Waals surface area contributed by atoms with Gasteiger partial charge in [0.1, 0.15) is 17.6 Å². The van der Waals surface area contributed by atoms with Gasteiger partial charge in [0.2, 0.25) is 0 Å². The summed E-state index contributed by atoms with van der Waals surface area (Å²) < 4.78 is 18.5. The van der Waals surface area contributed by atoms with Crippen molar-refractivity contribution in [1.82, 2.24) is 5.32 Å². The van der Waals surface area contributed by atoms with Crippen molar-refractivity contribution in [3.05, 3.63) is 57.7 Å². The Labute approximate surface area is 124 Å². The van der Waals surface area contributed by atoms with Crippen LogP contribution in [0.1, 0.15) is 22.2 Å². The summed E-state index contributed by atoms with van der Waals surface area (Å²) in [4.78, 5) is 12.0. The van der Waals surface area contributed by atoms with Gasteiger partial charge in [0.05, 0.1) is 28.5 Å². The van der Waals surface area contributed by atoms with E-state index < -0.39 is 17.8 Å². The maximum absolute atomic E-state index is 13.4. The molecule has 0 saturated heterocycles. The fourth-order valence-corrected chi connectivity index (χ4v) is 2.10. The zero-order valence-electron chi connectivity index (χ0n) is 10.1. The molecule has 0 aliphatic carbocycles. The summed E-state index contributed by atoms with van der Waals surface area (Å²) >= 11 is 11.4. The number of hydrogen-bond donors (Lipinski definition) is 2. The number of hydrogen-bond acceptors (Lipinski definition) is 3. The topological polar surface area (TPSA) is 62.5 Å². The molecule has 1 heterocycles. The van der Waals surface area contributed by atoms with E-state index >= 15 is 0 Å². The first-order chi connectivity index (χ1) is 9.52. The summed E-state index contributed by atoms with van der Waals surface area (Å²) in [6.07, 6.45) is 1.42. The third-order valence-corrected chi connectivity index (χ3v) is 3.23. The molecule has 0 spiro atoms. The van der Waals surface area contributed by atoms with Crippen LogP contribution in [0.15, 0.2) is 34.9 Å². The largest absolute Gasteiger partial charge is 0.467 e. The lowest BCUT2D eigenvalue weighted by Gasteiger charge is -2.14. The molecule has 0 aliphatic rings. The van der Waals surface area contributed by atoms with Gasteiger partial charge in [-0.1, -0.05) is 23.2 Å². The van der Waals surface area contributed by atoms with E-state index in [9.17, 15) is 14.3 Å². The Kier molecular flexibility index (Phi) is 4.65. The van der Waals surface area contributed by atoms with E-state index in [4.69, 9.17) is 27.6 Å². The number of benzene rings is 1. The fourth-order valence-electron chi connectivity index (χ4n) is 1.63. The summed E-state index contributed by atoms with van der Waals surface area (Å²) in [6, 6.07) is 4.57. The van der Waals surface area contributed by atoms with E-state index in [0.717, 1.165) is 12.1 Å².